The molecule has 1 aromatic heterocycles. The number of nitrogens with zero attached hydrogens (tertiary/aromatic N) is 3. The average molecular weight is 301 g/mol. The van der Waals surface area contributed by atoms with Crippen LogP contribution in [0.25, 0.3) is 11.0 Å². The number of piperazine rings is 1. The number of fused-ring (bicyclic) bond motifs is 1. The van der Waals surface area contributed by atoms with Crippen LogP contribution in [0.15, 0.2) is 24.3 Å². The van der Waals surface area contributed by atoms with Crippen molar-refractivity contribution < 1.29 is 4.79 Å². The number of imidazole rings is 1. The highest BCUT2D eigenvalue weighted by molar-refractivity contribution is 5.80. The number of para-hydroxylation sites is 2. The smallest absolute Gasteiger partial charge is 0.227 e. The summed E-state index contributed by atoms with van der Waals surface area (Å²) in [7, 11) is 4.24. The molecule has 2 aromatic rings. The lowest BCUT2D eigenvalue weighted by molar-refractivity contribution is -0.120. The largest absolute Gasteiger partial charge is 0.354 e. The number of benzene rings is 1. The van der Waals surface area contributed by atoms with Crippen LogP contribution < -0.4 is 5.32 Å². The van der Waals surface area contributed by atoms with E-state index in [1.54, 1.807) is 0 Å². The molecule has 3 rings (SSSR count). The fourth-order valence-corrected chi connectivity index (χ4v) is 2.86. The predicted octanol–water partition coefficient (Wildman–Crippen LogP) is 0.467. The maximum absolute atomic E-state index is 12.1. The summed E-state index contributed by atoms with van der Waals surface area (Å²) in [5, 5.41) is 3.03. The third-order valence-corrected chi connectivity index (χ3v) is 4.28. The molecule has 1 aliphatic heterocycles. The number of carbonyl (C=O) groups is 1. The summed E-state index contributed by atoms with van der Waals surface area (Å²) in [6.07, 6.45) is 0.293. The molecule has 22 heavy (non-hydrogen) atoms. The SMILES string of the molecule is CN1CCN(C)C(CNC(=O)Cc2nc3ccccc3[nH]2)C1. The topological polar surface area (TPSA) is 64.3 Å². The summed E-state index contributed by atoms with van der Waals surface area (Å²) in [6, 6.07) is 8.19. The number of amides is 1. The Morgan fingerprint density at radius 1 is 1.36 bits per heavy atom. The molecule has 1 unspecified atom stereocenters. The van der Waals surface area contributed by atoms with Gasteiger partial charge in [0.25, 0.3) is 0 Å². The lowest BCUT2D eigenvalue weighted by Crippen LogP contribution is -2.54. The van der Waals surface area contributed by atoms with Crippen molar-refractivity contribution >= 4 is 16.9 Å². The lowest BCUT2D eigenvalue weighted by atomic mass is 10.2. The average Bonchev–Trinajstić information content (AvgIpc) is 2.90. The Labute approximate surface area is 130 Å². The van der Waals surface area contributed by atoms with E-state index in [9.17, 15) is 4.79 Å². The van der Waals surface area contributed by atoms with Crippen LogP contribution in [0.4, 0.5) is 0 Å². The van der Waals surface area contributed by atoms with Gasteiger partial charge in [-0.3, -0.25) is 9.69 Å². The first kappa shape index (κ1) is 15.0. The van der Waals surface area contributed by atoms with E-state index < -0.39 is 0 Å². The van der Waals surface area contributed by atoms with E-state index >= 15 is 0 Å². The van der Waals surface area contributed by atoms with E-state index in [4.69, 9.17) is 0 Å². The van der Waals surface area contributed by atoms with Crippen molar-refractivity contribution in [2.75, 3.05) is 40.3 Å². The number of aromatic amines is 1. The Morgan fingerprint density at radius 3 is 3.00 bits per heavy atom. The van der Waals surface area contributed by atoms with Gasteiger partial charge >= 0.3 is 0 Å². The number of hydrogen-bond donors (Lipinski definition) is 2. The molecule has 2 N–H and O–H groups in total. The number of likely N-dealkylation sites (N-methyl/N-ethyl adjacent to an activating group) is 2. The van der Waals surface area contributed by atoms with E-state index in [0.29, 0.717) is 24.8 Å². The standard InChI is InChI=1S/C16H23N5O/c1-20-7-8-21(2)12(11-20)10-17-16(22)9-15-18-13-5-3-4-6-14(13)19-15/h3-6,12H,7-11H2,1-2H3,(H,17,22)(H,18,19). The van der Waals surface area contributed by atoms with Crippen LogP contribution in [0.1, 0.15) is 5.82 Å². The van der Waals surface area contributed by atoms with Crippen LogP contribution in [0, 0.1) is 0 Å². The molecule has 1 fully saturated rings. The third-order valence-electron chi connectivity index (χ3n) is 4.28. The molecule has 0 aliphatic carbocycles. The van der Waals surface area contributed by atoms with Crippen molar-refractivity contribution in [3.8, 4) is 0 Å². The Morgan fingerprint density at radius 2 is 2.18 bits per heavy atom. The van der Waals surface area contributed by atoms with Crippen LogP contribution in [0.2, 0.25) is 0 Å². The molecule has 1 saturated heterocycles. The molecule has 118 valence electrons. The van der Waals surface area contributed by atoms with E-state index in [-0.39, 0.29) is 5.91 Å². The molecule has 1 aliphatic rings. The van der Waals surface area contributed by atoms with Gasteiger partial charge in [-0.05, 0) is 26.2 Å². The maximum atomic E-state index is 12.1. The van der Waals surface area contributed by atoms with Crippen LogP contribution in [-0.2, 0) is 11.2 Å². The molecule has 1 atom stereocenters. The second kappa shape index (κ2) is 6.46. The molecule has 0 saturated carbocycles. The number of H-pyrrole nitrogens is 1. The number of rotatable bonds is 4. The zero-order chi connectivity index (χ0) is 15.5. The number of nitrogens with one attached hydrogen (secondary N) is 2. The first-order chi connectivity index (χ1) is 10.6. The molecular formula is C16H23N5O. The van der Waals surface area contributed by atoms with Crippen molar-refractivity contribution in [1.29, 1.82) is 0 Å². The highest BCUT2D eigenvalue weighted by Crippen LogP contribution is 2.10. The zero-order valence-corrected chi connectivity index (χ0v) is 13.2. The van der Waals surface area contributed by atoms with Gasteiger partial charge in [0, 0.05) is 32.2 Å². The van der Waals surface area contributed by atoms with Crippen LogP contribution in [0.5, 0.6) is 0 Å². The van der Waals surface area contributed by atoms with Crippen LogP contribution in [0.3, 0.4) is 0 Å². The maximum Gasteiger partial charge on any atom is 0.227 e. The number of hydrogen-bond acceptors (Lipinski definition) is 4. The van der Waals surface area contributed by atoms with E-state index in [1.165, 1.54) is 0 Å². The Kier molecular flexibility index (Phi) is 4.40. The van der Waals surface area contributed by atoms with Gasteiger partial charge in [-0.2, -0.15) is 0 Å². The summed E-state index contributed by atoms with van der Waals surface area (Å²) in [4.78, 5) is 24.4. The molecule has 1 amide bonds. The molecule has 0 bridgehead atoms. The van der Waals surface area contributed by atoms with Crippen molar-refractivity contribution in [2.24, 2.45) is 0 Å². The molecule has 6 nitrogen and oxygen atoms in total. The van der Waals surface area contributed by atoms with Crippen molar-refractivity contribution in [1.82, 2.24) is 25.1 Å². The predicted molar refractivity (Wildman–Crippen MR) is 86.7 cm³/mol. The van der Waals surface area contributed by atoms with Gasteiger partial charge in [-0.15, -0.1) is 0 Å². The Hall–Kier alpha value is -1.92. The Bertz CT molecular complexity index is 620. The van der Waals surface area contributed by atoms with Gasteiger partial charge in [0.05, 0.1) is 17.5 Å². The van der Waals surface area contributed by atoms with Gasteiger partial charge in [0.1, 0.15) is 5.82 Å². The van der Waals surface area contributed by atoms with Gasteiger partial charge in [-0.25, -0.2) is 4.98 Å². The van der Waals surface area contributed by atoms with Crippen molar-refractivity contribution in [3.63, 3.8) is 0 Å². The Balaban J connectivity index is 1.53. The van der Waals surface area contributed by atoms with E-state index in [0.717, 1.165) is 30.7 Å². The quantitative estimate of drug-likeness (QED) is 0.861. The van der Waals surface area contributed by atoms with Crippen molar-refractivity contribution in [2.45, 2.75) is 12.5 Å². The summed E-state index contributed by atoms with van der Waals surface area (Å²) in [5.74, 6) is 0.730. The second-order valence-corrected chi connectivity index (χ2v) is 6.08. The second-order valence-electron chi connectivity index (χ2n) is 6.08. The van der Waals surface area contributed by atoms with Gasteiger partial charge in [0.2, 0.25) is 5.91 Å². The fourth-order valence-electron chi connectivity index (χ4n) is 2.86. The minimum atomic E-state index is 0.0145. The number of carbonyl (C=O) groups excluding carboxylic acids is 1. The molecule has 0 spiro atoms. The molecule has 0 radical (unpaired) electrons. The number of aromatic nitrogens is 2. The molecule has 2 heterocycles. The van der Waals surface area contributed by atoms with Crippen LogP contribution >= 0.6 is 0 Å². The fraction of sp³-hybridized carbons (Fsp3) is 0.500. The van der Waals surface area contributed by atoms with Gasteiger partial charge < -0.3 is 15.2 Å². The minimum Gasteiger partial charge on any atom is -0.354 e. The van der Waals surface area contributed by atoms with E-state index in [1.807, 2.05) is 24.3 Å². The van der Waals surface area contributed by atoms with Crippen molar-refractivity contribution in [3.05, 3.63) is 30.1 Å². The summed E-state index contributed by atoms with van der Waals surface area (Å²) < 4.78 is 0. The van der Waals surface area contributed by atoms with Crippen LogP contribution in [-0.4, -0.2) is 72.0 Å². The molecule has 1 aromatic carbocycles. The summed E-state index contributed by atoms with van der Waals surface area (Å²) in [5.41, 5.74) is 1.87. The summed E-state index contributed by atoms with van der Waals surface area (Å²) >= 11 is 0. The monoisotopic (exact) mass is 301 g/mol. The highest BCUT2D eigenvalue weighted by atomic mass is 16.1. The first-order valence-electron chi connectivity index (χ1n) is 7.71. The summed E-state index contributed by atoms with van der Waals surface area (Å²) in [6.45, 7) is 3.79. The highest BCUT2D eigenvalue weighted by Gasteiger charge is 2.22. The third kappa shape index (κ3) is 3.45. The normalized spacial score (nSPS) is 20.4. The van der Waals surface area contributed by atoms with E-state index in [2.05, 4.69) is 39.2 Å². The minimum absolute atomic E-state index is 0.0145. The first-order valence-corrected chi connectivity index (χ1v) is 7.71. The van der Waals surface area contributed by atoms with Gasteiger partial charge in [-0.1, -0.05) is 12.1 Å². The zero-order valence-electron chi connectivity index (χ0n) is 13.2. The molecular weight excluding hydrogens is 278 g/mol. The lowest BCUT2D eigenvalue weighted by Gasteiger charge is -2.37. The van der Waals surface area contributed by atoms with Gasteiger partial charge in [0.15, 0.2) is 0 Å². The molecule has 6 heteroatoms.